The zero-order valence-corrected chi connectivity index (χ0v) is 17.0. The summed E-state index contributed by atoms with van der Waals surface area (Å²) in [4.78, 5) is 35.1. The first-order valence-corrected chi connectivity index (χ1v) is 10.4. The van der Waals surface area contributed by atoms with Gasteiger partial charge in [0.25, 0.3) is 0 Å². The maximum atomic E-state index is 12.8. The van der Waals surface area contributed by atoms with Crippen LogP contribution in [0.2, 0.25) is 0 Å². The summed E-state index contributed by atoms with van der Waals surface area (Å²) in [6.07, 6.45) is 8.21. The predicted molar refractivity (Wildman–Crippen MR) is 116 cm³/mol. The number of nitrogens with zero attached hydrogens (tertiary/aromatic N) is 3. The minimum atomic E-state index is -0.378. The van der Waals surface area contributed by atoms with Gasteiger partial charge in [-0.05, 0) is 66.8 Å². The molecule has 2 aromatic carbocycles. The molecule has 1 aromatic heterocycles. The zero-order valence-electron chi connectivity index (χ0n) is 17.0. The van der Waals surface area contributed by atoms with Crippen LogP contribution >= 0.6 is 0 Å². The van der Waals surface area contributed by atoms with Gasteiger partial charge in [0, 0.05) is 36.7 Å². The van der Waals surface area contributed by atoms with Crippen LogP contribution in [0.3, 0.4) is 0 Å². The number of anilines is 2. The van der Waals surface area contributed by atoms with E-state index in [-0.39, 0.29) is 24.2 Å². The second kappa shape index (κ2) is 8.18. The lowest BCUT2D eigenvalue weighted by Gasteiger charge is -2.18. The Morgan fingerprint density at radius 1 is 1.06 bits per heavy atom. The second-order valence-corrected chi connectivity index (χ2v) is 7.87. The molecule has 2 heterocycles. The lowest BCUT2D eigenvalue weighted by Crippen LogP contribution is -2.28. The average Bonchev–Trinajstić information content (AvgIpc) is 3.42. The SMILES string of the molecule is O=C(Nc1ccc(Oc2cnccn2)cc1)C1CC(=O)N(c2ccc3c(c2)CCC3)C1. The monoisotopic (exact) mass is 414 g/mol. The van der Waals surface area contributed by atoms with Gasteiger partial charge in [-0.15, -0.1) is 0 Å². The van der Waals surface area contributed by atoms with E-state index in [9.17, 15) is 9.59 Å². The Morgan fingerprint density at radius 3 is 2.71 bits per heavy atom. The van der Waals surface area contributed by atoms with Gasteiger partial charge in [-0.3, -0.25) is 14.6 Å². The molecule has 1 atom stereocenters. The second-order valence-electron chi connectivity index (χ2n) is 7.87. The van der Waals surface area contributed by atoms with Gasteiger partial charge in [0.05, 0.1) is 12.1 Å². The molecule has 5 rings (SSSR count). The third-order valence-electron chi connectivity index (χ3n) is 5.77. The highest BCUT2D eigenvalue weighted by Crippen LogP contribution is 2.31. The zero-order chi connectivity index (χ0) is 21.2. The third-order valence-corrected chi connectivity index (χ3v) is 5.77. The molecule has 0 spiro atoms. The highest BCUT2D eigenvalue weighted by molar-refractivity contribution is 6.03. The summed E-state index contributed by atoms with van der Waals surface area (Å²) in [5.74, 6) is 0.453. The van der Waals surface area contributed by atoms with Crippen molar-refractivity contribution in [2.45, 2.75) is 25.7 Å². The van der Waals surface area contributed by atoms with Gasteiger partial charge >= 0.3 is 0 Å². The van der Waals surface area contributed by atoms with E-state index in [4.69, 9.17) is 4.74 Å². The maximum Gasteiger partial charge on any atom is 0.237 e. The number of amides is 2. The number of aryl methyl sites for hydroxylation is 2. The van der Waals surface area contributed by atoms with E-state index in [1.807, 2.05) is 6.07 Å². The van der Waals surface area contributed by atoms with Crippen molar-refractivity contribution in [3.8, 4) is 11.6 Å². The van der Waals surface area contributed by atoms with Crippen LogP contribution < -0.4 is 15.0 Å². The number of benzene rings is 2. The van der Waals surface area contributed by atoms with E-state index in [0.717, 1.165) is 18.5 Å². The van der Waals surface area contributed by atoms with Gasteiger partial charge in [0.2, 0.25) is 17.7 Å². The molecule has 0 bridgehead atoms. The van der Waals surface area contributed by atoms with E-state index in [1.165, 1.54) is 23.7 Å². The van der Waals surface area contributed by atoms with Gasteiger partial charge in [-0.2, -0.15) is 0 Å². The number of fused-ring (bicyclic) bond motifs is 1. The minimum Gasteiger partial charge on any atom is -0.438 e. The van der Waals surface area contributed by atoms with Crippen molar-refractivity contribution in [2.24, 2.45) is 5.92 Å². The molecule has 3 aromatic rings. The highest BCUT2D eigenvalue weighted by Gasteiger charge is 2.35. The third kappa shape index (κ3) is 4.12. The van der Waals surface area contributed by atoms with Crippen molar-refractivity contribution in [1.29, 1.82) is 0 Å². The van der Waals surface area contributed by atoms with Crippen LogP contribution in [0.15, 0.2) is 61.1 Å². The lowest BCUT2D eigenvalue weighted by atomic mass is 10.1. The van der Waals surface area contributed by atoms with E-state index in [2.05, 4.69) is 27.4 Å². The lowest BCUT2D eigenvalue weighted by molar-refractivity contribution is -0.122. The fraction of sp³-hybridized carbons (Fsp3) is 0.250. The van der Waals surface area contributed by atoms with Crippen LogP contribution in [0.4, 0.5) is 11.4 Å². The Labute approximate surface area is 180 Å². The molecule has 2 aliphatic rings. The first-order valence-electron chi connectivity index (χ1n) is 10.4. The fourth-order valence-electron chi connectivity index (χ4n) is 4.17. The largest absolute Gasteiger partial charge is 0.438 e. The average molecular weight is 414 g/mol. The van der Waals surface area contributed by atoms with Crippen molar-refractivity contribution in [3.63, 3.8) is 0 Å². The van der Waals surface area contributed by atoms with Gasteiger partial charge in [-0.25, -0.2) is 4.98 Å². The molecule has 31 heavy (non-hydrogen) atoms. The number of aromatic nitrogens is 2. The highest BCUT2D eigenvalue weighted by atomic mass is 16.5. The van der Waals surface area contributed by atoms with Gasteiger partial charge in [0.1, 0.15) is 5.75 Å². The fourth-order valence-corrected chi connectivity index (χ4v) is 4.17. The molecular weight excluding hydrogens is 392 g/mol. The van der Waals surface area contributed by atoms with Gasteiger partial charge in [-0.1, -0.05) is 6.07 Å². The Bertz CT molecular complexity index is 1120. The summed E-state index contributed by atoms with van der Waals surface area (Å²) < 4.78 is 5.61. The first kappa shape index (κ1) is 19.2. The predicted octanol–water partition coefficient (Wildman–Crippen LogP) is 3.75. The van der Waals surface area contributed by atoms with Crippen LogP contribution in [0.5, 0.6) is 11.6 Å². The Kier molecular flexibility index (Phi) is 5.08. The van der Waals surface area contributed by atoms with Crippen molar-refractivity contribution in [1.82, 2.24) is 9.97 Å². The van der Waals surface area contributed by atoms with Gasteiger partial charge in [0.15, 0.2) is 0 Å². The van der Waals surface area contributed by atoms with Crippen molar-refractivity contribution in [3.05, 3.63) is 72.2 Å². The first-order chi connectivity index (χ1) is 15.2. The molecule has 1 unspecified atom stereocenters. The summed E-state index contributed by atoms with van der Waals surface area (Å²) in [7, 11) is 0. The Morgan fingerprint density at radius 2 is 1.90 bits per heavy atom. The molecule has 0 radical (unpaired) electrons. The van der Waals surface area contributed by atoms with Crippen molar-refractivity contribution in [2.75, 3.05) is 16.8 Å². The van der Waals surface area contributed by atoms with Crippen LogP contribution in [0.1, 0.15) is 24.0 Å². The normalized spacial score (nSPS) is 17.5. The molecule has 1 N–H and O–H groups in total. The number of carbonyl (C=O) groups is 2. The van der Waals surface area contributed by atoms with E-state index in [1.54, 1.807) is 41.6 Å². The van der Waals surface area contributed by atoms with Crippen molar-refractivity contribution < 1.29 is 14.3 Å². The quantitative estimate of drug-likeness (QED) is 0.687. The van der Waals surface area contributed by atoms with Gasteiger partial charge < -0.3 is 15.0 Å². The molecule has 1 saturated heterocycles. The maximum absolute atomic E-state index is 12.8. The summed E-state index contributed by atoms with van der Waals surface area (Å²) in [5.41, 5.74) is 4.24. The molecule has 1 aliphatic carbocycles. The van der Waals surface area contributed by atoms with Crippen LogP contribution in [0.25, 0.3) is 0 Å². The number of hydrogen-bond acceptors (Lipinski definition) is 5. The molecule has 2 amide bonds. The summed E-state index contributed by atoms with van der Waals surface area (Å²) >= 11 is 0. The number of ether oxygens (including phenoxy) is 1. The smallest absolute Gasteiger partial charge is 0.237 e. The summed E-state index contributed by atoms with van der Waals surface area (Å²) in [6.45, 7) is 0.400. The number of hydrogen-bond donors (Lipinski definition) is 1. The molecule has 7 heteroatoms. The molecular formula is C24H22N4O3. The van der Waals surface area contributed by atoms with E-state index < -0.39 is 0 Å². The summed E-state index contributed by atoms with van der Waals surface area (Å²) in [5, 5.41) is 2.91. The molecule has 1 fully saturated rings. The molecule has 156 valence electrons. The number of carbonyl (C=O) groups excluding carboxylic acids is 2. The van der Waals surface area contributed by atoms with E-state index >= 15 is 0 Å². The standard InChI is InChI=1S/C24H22N4O3/c29-23-13-18(15-28(23)20-7-4-16-2-1-3-17(16)12-20)24(30)27-19-5-8-21(9-6-19)31-22-14-25-10-11-26-22/h4-12,14,18H,1-3,13,15H2,(H,27,30). The van der Waals surface area contributed by atoms with Crippen LogP contribution in [-0.4, -0.2) is 28.3 Å². The number of nitrogens with one attached hydrogen (secondary N) is 1. The van der Waals surface area contributed by atoms with Crippen LogP contribution in [-0.2, 0) is 22.4 Å². The molecule has 0 saturated carbocycles. The Hall–Kier alpha value is -3.74. The number of rotatable bonds is 5. The van der Waals surface area contributed by atoms with E-state index in [0.29, 0.717) is 23.9 Å². The topological polar surface area (TPSA) is 84.4 Å². The van der Waals surface area contributed by atoms with Crippen LogP contribution in [0, 0.1) is 5.92 Å². The molecule has 1 aliphatic heterocycles. The Balaban J connectivity index is 1.21. The minimum absolute atomic E-state index is 0.00850. The summed E-state index contributed by atoms with van der Waals surface area (Å²) in [6, 6.07) is 13.2. The molecule has 7 nitrogen and oxygen atoms in total. The van der Waals surface area contributed by atoms with Crippen molar-refractivity contribution >= 4 is 23.2 Å².